The van der Waals surface area contributed by atoms with Gasteiger partial charge in [0.15, 0.2) is 5.95 Å². The van der Waals surface area contributed by atoms with Crippen molar-refractivity contribution in [2.75, 3.05) is 0 Å². The summed E-state index contributed by atoms with van der Waals surface area (Å²) in [5.74, 6) is -0.634. The topological polar surface area (TPSA) is 53.0 Å². The van der Waals surface area contributed by atoms with E-state index in [1.165, 1.54) is 4.68 Å². The Morgan fingerprint density at radius 1 is 1.31 bits per heavy atom. The molecule has 0 unspecified atom stereocenters. The SMILES string of the molecule is [O-]c1on[n+](-c2ccccc2)c1Cl. The molecule has 0 spiro atoms. The zero-order valence-corrected chi connectivity index (χ0v) is 7.23. The molecule has 0 aliphatic heterocycles. The van der Waals surface area contributed by atoms with E-state index in [1.807, 2.05) is 18.2 Å². The summed E-state index contributed by atoms with van der Waals surface area (Å²) in [5, 5.41) is 14.3. The molecule has 1 aromatic heterocycles. The van der Waals surface area contributed by atoms with E-state index in [4.69, 9.17) is 11.6 Å². The number of benzene rings is 1. The van der Waals surface area contributed by atoms with Crippen molar-refractivity contribution in [3.05, 3.63) is 35.5 Å². The van der Waals surface area contributed by atoms with Crippen molar-refractivity contribution >= 4 is 11.6 Å². The standard InChI is InChI=1S/C8H5ClN2O2/c9-7-8(12)13-10-11(7)6-4-2-1-3-5-6/h1-5H. The molecule has 4 nitrogen and oxygen atoms in total. The second-order valence-electron chi connectivity index (χ2n) is 2.40. The summed E-state index contributed by atoms with van der Waals surface area (Å²) in [6, 6.07) is 9.04. The van der Waals surface area contributed by atoms with Gasteiger partial charge in [-0.15, -0.1) is 0 Å². The van der Waals surface area contributed by atoms with Crippen LogP contribution in [0.4, 0.5) is 0 Å². The molecule has 0 radical (unpaired) electrons. The van der Waals surface area contributed by atoms with Gasteiger partial charge >= 0.3 is 5.15 Å². The van der Waals surface area contributed by atoms with Crippen LogP contribution < -0.4 is 9.79 Å². The first-order valence-electron chi connectivity index (χ1n) is 3.59. The Hall–Kier alpha value is -1.55. The molecule has 13 heavy (non-hydrogen) atoms. The third-order valence-electron chi connectivity index (χ3n) is 1.56. The molecule has 0 N–H and O–H groups in total. The number of rotatable bonds is 1. The number of hydrogen-bond donors (Lipinski definition) is 0. The Morgan fingerprint density at radius 3 is 2.54 bits per heavy atom. The lowest BCUT2D eigenvalue weighted by Gasteiger charge is -1.87. The number of nitrogens with zero attached hydrogens (tertiary/aromatic N) is 2. The summed E-state index contributed by atoms with van der Waals surface area (Å²) in [4.78, 5) is 0. The number of halogens is 1. The van der Waals surface area contributed by atoms with Gasteiger partial charge in [0.05, 0.1) is 5.27 Å². The molecule has 0 bridgehead atoms. The highest BCUT2D eigenvalue weighted by molar-refractivity contribution is 6.29. The first-order chi connectivity index (χ1) is 6.29. The molecule has 0 atom stereocenters. The summed E-state index contributed by atoms with van der Waals surface area (Å²) in [6.07, 6.45) is 0. The van der Waals surface area contributed by atoms with E-state index in [2.05, 4.69) is 9.79 Å². The van der Waals surface area contributed by atoms with Crippen molar-refractivity contribution in [1.82, 2.24) is 5.27 Å². The van der Waals surface area contributed by atoms with Crippen molar-refractivity contribution in [2.45, 2.75) is 0 Å². The van der Waals surface area contributed by atoms with Crippen LogP contribution in [0.5, 0.6) is 5.95 Å². The molecule has 66 valence electrons. The van der Waals surface area contributed by atoms with Gasteiger partial charge in [0.1, 0.15) is 0 Å². The molecular weight excluding hydrogens is 192 g/mol. The Bertz CT molecular complexity index is 413. The zero-order chi connectivity index (χ0) is 9.26. The summed E-state index contributed by atoms with van der Waals surface area (Å²) < 4.78 is 5.62. The largest absolute Gasteiger partial charge is 0.538 e. The first kappa shape index (κ1) is 8.07. The number of para-hydroxylation sites is 1. The Balaban J connectivity index is 2.53. The zero-order valence-electron chi connectivity index (χ0n) is 6.48. The quantitative estimate of drug-likeness (QED) is 0.631. The van der Waals surface area contributed by atoms with Crippen LogP contribution in [-0.2, 0) is 0 Å². The second kappa shape index (κ2) is 3.06. The lowest BCUT2D eigenvalue weighted by Crippen LogP contribution is -2.33. The molecule has 0 saturated carbocycles. The van der Waals surface area contributed by atoms with Gasteiger partial charge < -0.3 is 9.63 Å². The van der Waals surface area contributed by atoms with E-state index < -0.39 is 5.95 Å². The summed E-state index contributed by atoms with van der Waals surface area (Å²) in [5.41, 5.74) is 0.693. The Kier molecular flexibility index (Phi) is 1.90. The van der Waals surface area contributed by atoms with Gasteiger partial charge in [-0.3, -0.25) is 0 Å². The van der Waals surface area contributed by atoms with Crippen LogP contribution in [0.3, 0.4) is 0 Å². The van der Waals surface area contributed by atoms with Crippen LogP contribution in [0, 0.1) is 0 Å². The van der Waals surface area contributed by atoms with Gasteiger partial charge in [0.2, 0.25) is 5.69 Å². The molecule has 2 aromatic rings. The molecule has 0 saturated heterocycles. The third-order valence-corrected chi connectivity index (χ3v) is 1.87. The van der Waals surface area contributed by atoms with E-state index in [0.717, 1.165) is 0 Å². The van der Waals surface area contributed by atoms with Gasteiger partial charge in [0.25, 0.3) is 0 Å². The van der Waals surface area contributed by atoms with E-state index >= 15 is 0 Å². The molecular formula is C8H5ClN2O2. The number of hydrogen-bond acceptors (Lipinski definition) is 3. The highest BCUT2D eigenvalue weighted by Crippen LogP contribution is 2.14. The third kappa shape index (κ3) is 1.36. The minimum atomic E-state index is -0.634. The average molecular weight is 197 g/mol. The molecule has 0 aliphatic carbocycles. The smallest absolute Gasteiger partial charge is 0.332 e. The molecule has 0 fully saturated rings. The maximum atomic E-state index is 10.8. The van der Waals surface area contributed by atoms with Gasteiger partial charge in [0, 0.05) is 12.1 Å². The molecule has 5 heteroatoms. The van der Waals surface area contributed by atoms with Crippen LogP contribution in [0.2, 0.25) is 5.15 Å². The molecule has 1 aromatic carbocycles. The predicted molar refractivity (Wildman–Crippen MR) is 42.5 cm³/mol. The first-order valence-corrected chi connectivity index (χ1v) is 3.97. The summed E-state index contributed by atoms with van der Waals surface area (Å²) >= 11 is 5.64. The fraction of sp³-hybridized carbons (Fsp3) is 0. The molecule has 2 rings (SSSR count). The van der Waals surface area contributed by atoms with Crippen molar-refractivity contribution < 1.29 is 14.3 Å². The summed E-state index contributed by atoms with van der Waals surface area (Å²) in [6.45, 7) is 0. The van der Waals surface area contributed by atoms with E-state index in [1.54, 1.807) is 12.1 Å². The minimum absolute atomic E-state index is 0.0498. The van der Waals surface area contributed by atoms with Gasteiger partial charge in [-0.25, -0.2) is 0 Å². The molecule has 0 aliphatic rings. The van der Waals surface area contributed by atoms with Crippen LogP contribution >= 0.6 is 11.6 Å². The highest BCUT2D eigenvalue weighted by Gasteiger charge is 2.16. The van der Waals surface area contributed by atoms with Gasteiger partial charge in [-0.2, -0.15) is 0 Å². The lowest BCUT2D eigenvalue weighted by molar-refractivity contribution is -0.668. The van der Waals surface area contributed by atoms with Crippen LogP contribution in [0.25, 0.3) is 5.69 Å². The second-order valence-corrected chi connectivity index (χ2v) is 2.76. The van der Waals surface area contributed by atoms with E-state index in [-0.39, 0.29) is 5.15 Å². The maximum absolute atomic E-state index is 10.8. The fourth-order valence-corrected chi connectivity index (χ4v) is 1.13. The minimum Gasteiger partial charge on any atom is -0.538 e. The van der Waals surface area contributed by atoms with E-state index in [9.17, 15) is 5.11 Å². The Labute approximate surface area is 78.9 Å². The van der Waals surface area contributed by atoms with E-state index in [0.29, 0.717) is 5.69 Å². The van der Waals surface area contributed by atoms with Crippen LogP contribution in [-0.4, -0.2) is 5.27 Å². The van der Waals surface area contributed by atoms with Crippen molar-refractivity contribution in [1.29, 1.82) is 0 Å². The maximum Gasteiger partial charge on any atom is 0.332 e. The molecule has 1 heterocycles. The monoisotopic (exact) mass is 196 g/mol. The number of aromatic nitrogens is 2. The predicted octanol–water partition coefficient (Wildman–Crippen LogP) is 0.678. The highest BCUT2D eigenvalue weighted by atomic mass is 35.5. The van der Waals surface area contributed by atoms with Gasteiger partial charge in [-0.05, 0) is 16.3 Å². The van der Waals surface area contributed by atoms with Gasteiger partial charge in [-0.1, -0.05) is 18.2 Å². The lowest BCUT2D eigenvalue weighted by atomic mass is 10.3. The van der Waals surface area contributed by atoms with Crippen molar-refractivity contribution in [3.63, 3.8) is 0 Å². The van der Waals surface area contributed by atoms with Crippen LogP contribution in [0.1, 0.15) is 0 Å². The fourth-order valence-electron chi connectivity index (χ4n) is 0.968. The molecule has 0 amide bonds. The normalized spacial score (nSPS) is 10.2. The van der Waals surface area contributed by atoms with Crippen molar-refractivity contribution in [3.8, 4) is 11.6 Å². The van der Waals surface area contributed by atoms with Crippen LogP contribution in [0.15, 0.2) is 34.9 Å². The average Bonchev–Trinajstić information content (AvgIpc) is 2.49. The Morgan fingerprint density at radius 2 is 2.00 bits per heavy atom. The van der Waals surface area contributed by atoms with Crippen molar-refractivity contribution in [2.24, 2.45) is 0 Å². The summed E-state index contributed by atoms with van der Waals surface area (Å²) in [7, 11) is 0.